The van der Waals surface area contributed by atoms with E-state index in [2.05, 4.69) is 9.97 Å². The SMILES string of the molecule is CCC(C(=O)O)c1cc(C)[nH]c(=O)n1. The highest BCUT2D eigenvalue weighted by Crippen LogP contribution is 2.16. The van der Waals surface area contributed by atoms with E-state index in [1.165, 1.54) is 0 Å². The number of aliphatic carboxylic acids is 1. The van der Waals surface area contributed by atoms with E-state index in [0.717, 1.165) is 0 Å². The normalized spacial score (nSPS) is 12.4. The van der Waals surface area contributed by atoms with E-state index < -0.39 is 17.6 Å². The summed E-state index contributed by atoms with van der Waals surface area (Å²) in [5.41, 5.74) is 0.445. The Labute approximate surface area is 80.8 Å². The van der Waals surface area contributed by atoms with Crippen molar-refractivity contribution in [2.24, 2.45) is 0 Å². The van der Waals surface area contributed by atoms with Crippen molar-refractivity contribution in [2.75, 3.05) is 0 Å². The molecule has 0 aliphatic heterocycles. The average molecular weight is 196 g/mol. The Morgan fingerprint density at radius 3 is 2.79 bits per heavy atom. The third-order valence-corrected chi connectivity index (χ3v) is 1.96. The summed E-state index contributed by atoms with van der Waals surface area (Å²) >= 11 is 0. The van der Waals surface area contributed by atoms with Gasteiger partial charge >= 0.3 is 11.7 Å². The van der Waals surface area contributed by atoms with Gasteiger partial charge in [-0.25, -0.2) is 4.79 Å². The van der Waals surface area contributed by atoms with Gasteiger partial charge in [0, 0.05) is 5.69 Å². The van der Waals surface area contributed by atoms with E-state index in [1.807, 2.05) is 0 Å². The lowest BCUT2D eigenvalue weighted by atomic mass is 10.0. The van der Waals surface area contributed by atoms with Crippen molar-refractivity contribution in [3.8, 4) is 0 Å². The van der Waals surface area contributed by atoms with E-state index >= 15 is 0 Å². The summed E-state index contributed by atoms with van der Waals surface area (Å²) in [7, 11) is 0. The zero-order chi connectivity index (χ0) is 10.7. The number of carbonyl (C=O) groups is 1. The highest BCUT2D eigenvalue weighted by Gasteiger charge is 2.19. The molecule has 1 aromatic heterocycles. The van der Waals surface area contributed by atoms with Gasteiger partial charge in [0.05, 0.1) is 11.6 Å². The zero-order valence-corrected chi connectivity index (χ0v) is 8.07. The predicted molar refractivity (Wildman–Crippen MR) is 50.3 cm³/mol. The lowest BCUT2D eigenvalue weighted by Crippen LogP contribution is -2.19. The molecular formula is C9H12N2O3. The molecule has 5 heteroatoms. The second kappa shape index (κ2) is 4.04. The smallest absolute Gasteiger partial charge is 0.345 e. The average Bonchev–Trinajstić information content (AvgIpc) is 2.02. The van der Waals surface area contributed by atoms with Crippen LogP contribution in [-0.2, 0) is 4.79 Å². The minimum atomic E-state index is -0.954. The molecule has 2 N–H and O–H groups in total. The van der Waals surface area contributed by atoms with Crippen LogP contribution in [0, 0.1) is 6.92 Å². The van der Waals surface area contributed by atoms with Gasteiger partial charge in [-0.3, -0.25) is 4.79 Å². The molecule has 0 radical (unpaired) electrons. The monoisotopic (exact) mass is 196 g/mol. The Kier molecular flexibility index (Phi) is 3.01. The van der Waals surface area contributed by atoms with Crippen LogP contribution in [0.3, 0.4) is 0 Å². The Bertz CT molecular complexity index is 397. The third kappa shape index (κ3) is 2.18. The van der Waals surface area contributed by atoms with Crippen molar-refractivity contribution in [3.63, 3.8) is 0 Å². The first-order chi connectivity index (χ1) is 6.54. The van der Waals surface area contributed by atoms with Crippen molar-refractivity contribution in [3.05, 3.63) is 27.9 Å². The van der Waals surface area contributed by atoms with Crippen molar-refractivity contribution < 1.29 is 9.90 Å². The standard InChI is InChI=1S/C9H12N2O3/c1-3-6(8(12)13)7-4-5(2)10-9(14)11-7/h4,6H,3H2,1-2H3,(H,12,13)(H,10,11,14). The van der Waals surface area contributed by atoms with Crippen LogP contribution in [0.5, 0.6) is 0 Å². The van der Waals surface area contributed by atoms with Crippen LogP contribution in [-0.4, -0.2) is 21.0 Å². The molecule has 1 unspecified atom stereocenters. The fourth-order valence-corrected chi connectivity index (χ4v) is 1.29. The van der Waals surface area contributed by atoms with Crippen LogP contribution in [0.2, 0.25) is 0 Å². The van der Waals surface area contributed by atoms with Gasteiger partial charge in [0.15, 0.2) is 0 Å². The van der Waals surface area contributed by atoms with E-state index in [0.29, 0.717) is 17.8 Å². The number of aromatic nitrogens is 2. The Morgan fingerprint density at radius 2 is 2.36 bits per heavy atom. The topological polar surface area (TPSA) is 83.0 Å². The summed E-state index contributed by atoms with van der Waals surface area (Å²) in [5, 5.41) is 8.86. The molecule has 0 spiro atoms. The fourth-order valence-electron chi connectivity index (χ4n) is 1.29. The molecule has 5 nitrogen and oxygen atoms in total. The maximum Gasteiger partial charge on any atom is 0.345 e. The quantitative estimate of drug-likeness (QED) is 0.743. The fraction of sp³-hybridized carbons (Fsp3) is 0.444. The highest BCUT2D eigenvalue weighted by atomic mass is 16.4. The molecule has 0 aromatic carbocycles. The van der Waals surface area contributed by atoms with Crippen molar-refractivity contribution in [1.82, 2.24) is 9.97 Å². The Morgan fingerprint density at radius 1 is 1.71 bits per heavy atom. The number of hydrogen-bond donors (Lipinski definition) is 2. The molecule has 1 atom stereocenters. The predicted octanol–water partition coefficient (Wildman–Crippen LogP) is 0.657. The summed E-state index contributed by atoms with van der Waals surface area (Å²) in [5.74, 6) is -1.65. The molecule has 0 aliphatic rings. The van der Waals surface area contributed by atoms with Gasteiger partial charge in [0.25, 0.3) is 0 Å². The molecule has 0 fully saturated rings. The number of nitrogens with zero attached hydrogens (tertiary/aromatic N) is 1. The second-order valence-corrected chi connectivity index (χ2v) is 3.09. The van der Waals surface area contributed by atoms with Crippen molar-refractivity contribution in [1.29, 1.82) is 0 Å². The Balaban J connectivity index is 3.16. The van der Waals surface area contributed by atoms with Gasteiger partial charge in [0.1, 0.15) is 0 Å². The van der Waals surface area contributed by atoms with Crippen LogP contribution in [0.4, 0.5) is 0 Å². The van der Waals surface area contributed by atoms with Crippen LogP contribution in [0.1, 0.15) is 30.7 Å². The minimum absolute atomic E-state index is 0.321. The first kappa shape index (κ1) is 10.4. The summed E-state index contributed by atoms with van der Waals surface area (Å²) in [4.78, 5) is 27.9. The van der Waals surface area contributed by atoms with Gasteiger partial charge in [-0.1, -0.05) is 6.92 Å². The molecule has 0 saturated carbocycles. The van der Waals surface area contributed by atoms with Crippen molar-refractivity contribution >= 4 is 5.97 Å². The maximum atomic E-state index is 11.0. The number of H-pyrrole nitrogens is 1. The molecular weight excluding hydrogens is 184 g/mol. The Hall–Kier alpha value is -1.65. The lowest BCUT2D eigenvalue weighted by Gasteiger charge is -2.08. The number of aromatic amines is 1. The lowest BCUT2D eigenvalue weighted by molar-refractivity contribution is -0.138. The van der Waals surface area contributed by atoms with E-state index in [-0.39, 0.29) is 0 Å². The molecule has 0 bridgehead atoms. The highest BCUT2D eigenvalue weighted by molar-refractivity contribution is 5.75. The number of carboxylic acids is 1. The van der Waals surface area contributed by atoms with Gasteiger partial charge in [-0.2, -0.15) is 4.98 Å². The molecule has 0 aliphatic carbocycles. The summed E-state index contributed by atoms with van der Waals surface area (Å²) in [6.07, 6.45) is 0.422. The molecule has 14 heavy (non-hydrogen) atoms. The van der Waals surface area contributed by atoms with Gasteiger partial charge in [0.2, 0.25) is 0 Å². The number of nitrogens with one attached hydrogen (secondary N) is 1. The number of carboxylic acid groups (broad SMARTS) is 1. The molecule has 1 aromatic rings. The van der Waals surface area contributed by atoms with Gasteiger partial charge in [-0.15, -0.1) is 0 Å². The van der Waals surface area contributed by atoms with Crippen LogP contribution in [0.15, 0.2) is 10.9 Å². The molecule has 1 heterocycles. The summed E-state index contributed by atoms with van der Waals surface area (Å²) in [6.45, 7) is 3.44. The van der Waals surface area contributed by atoms with Crippen LogP contribution in [0.25, 0.3) is 0 Å². The second-order valence-electron chi connectivity index (χ2n) is 3.09. The summed E-state index contributed by atoms with van der Waals surface area (Å²) in [6, 6.07) is 1.59. The van der Waals surface area contributed by atoms with E-state index in [9.17, 15) is 9.59 Å². The van der Waals surface area contributed by atoms with Gasteiger partial charge in [-0.05, 0) is 19.4 Å². The van der Waals surface area contributed by atoms with Crippen LogP contribution < -0.4 is 5.69 Å². The van der Waals surface area contributed by atoms with Gasteiger partial charge < -0.3 is 10.1 Å². The van der Waals surface area contributed by atoms with E-state index in [4.69, 9.17) is 5.11 Å². The number of aryl methyl sites for hydroxylation is 1. The first-order valence-corrected chi connectivity index (χ1v) is 4.35. The number of hydrogen-bond acceptors (Lipinski definition) is 3. The van der Waals surface area contributed by atoms with Crippen LogP contribution >= 0.6 is 0 Å². The molecule has 0 amide bonds. The first-order valence-electron chi connectivity index (χ1n) is 4.35. The molecule has 0 saturated heterocycles. The molecule has 1 rings (SSSR count). The third-order valence-electron chi connectivity index (χ3n) is 1.96. The summed E-state index contributed by atoms with van der Waals surface area (Å²) < 4.78 is 0. The van der Waals surface area contributed by atoms with Crippen molar-refractivity contribution in [2.45, 2.75) is 26.2 Å². The largest absolute Gasteiger partial charge is 0.481 e. The van der Waals surface area contributed by atoms with E-state index in [1.54, 1.807) is 19.9 Å². The number of rotatable bonds is 3. The maximum absolute atomic E-state index is 11.0. The molecule has 76 valence electrons. The minimum Gasteiger partial charge on any atom is -0.481 e. The zero-order valence-electron chi connectivity index (χ0n) is 8.07.